The summed E-state index contributed by atoms with van der Waals surface area (Å²) in [6, 6.07) is 0. The third kappa shape index (κ3) is 2.08. The normalized spacial score (nSPS) is 20.3. The average Bonchev–Trinajstić information content (AvgIpc) is 2.67. The van der Waals surface area contributed by atoms with Crippen molar-refractivity contribution in [1.82, 2.24) is 9.80 Å². The third-order valence-electron chi connectivity index (χ3n) is 2.19. The van der Waals surface area contributed by atoms with E-state index >= 15 is 0 Å². The zero-order valence-corrected chi connectivity index (χ0v) is 11.8. The topological polar surface area (TPSA) is 74.8 Å². The van der Waals surface area contributed by atoms with Gasteiger partial charge in [0.1, 0.15) is 0 Å². The smallest absolute Gasteiger partial charge is 0.269 e. The number of hydrogen-bond donors (Lipinski definition) is 0. The van der Waals surface area contributed by atoms with Crippen LogP contribution in [0.4, 0.5) is 0 Å². The van der Waals surface area contributed by atoms with Crippen LogP contribution in [-0.4, -0.2) is 33.4 Å². The zero-order valence-electron chi connectivity index (χ0n) is 8.59. The molecule has 92 valence electrons. The van der Waals surface area contributed by atoms with E-state index in [-0.39, 0.29) is 8.96 Å². The summed E-state index contributed by atoms with van der Waals surface area (Å²) in [7, 11) is 0. The van der Waals surface area contributed by atoms with Crippen LogP contribution in [0.3, 0.4) is 0 Å². The molecule has 0 radical (unpaired) electrons. The lowest BCUT2D eigenvalue weighted by Crippen LogP contribution is -2.29. The fourth-order valence-electron chi connectivity index (χ4n) is 1.33. The highest BCUT2D eigenvalue weighted by atomic mass is 79.9. The Hall–Kier alpha value is -1.54. The first-order valence-corrected chi connectivity index (χ1v) is 6.18. The van der Waals surface area contributed by atoms with Gasteiger partial charge in [0, 0.05) is 24.6 Å². The van der Waals surface area contributed by atoms with E-state index in [1.165, 1.54) is 0 Å². The number of rotatable bonds is 2. The number of imide groups is 2. The Morgan fingerprint density at radius 3 is 1.33 bits per heavy atom. The minimum atomic E-state index is -0.553. The molecule has 0 saturated heterocycles. The summed E-state index contributed by atoms with van der Waals surface area (Å²) in [6.45, 7) is 0. The molecule has 2 aliphatic rings. The predicted molar refractivity (Wildman–Crippen MR) is 66.9 cm³/mol. The first-order chi connectivity index (χ1) is 8.41. The van der Waals surface area contributed by atoms with Crippen LogP contribution in [0.15, 0.2) is 33.5 Å². The summed E-state index contributed by atoms with van der Waals surface area (Å²) >= 11 is 5.84. The maximum atomic E-state index is 11.5. The highest BCUT2D eigenvalue weighted by molar-refractivity contribution is 9.12. The van der Waals surface area contributed by atoms with Crippen LogP contribution in [-0.2, 0) is 19.2 Å². The number of nitrogens with zero attached hydrogens (tertiary/aromatic N) is 2. The molecular weight excluding hydrogens is 372 g/mol. The molecule has 2 aliphatic heterocycles. The van der Waals surface area contributed by atoms with E-state index in [1.807, 2.05) is 0 Å². The van der Waals surface area contributed by atoms with Gasteiger partial charge in [-0.25, -0.2) is 9.80 Å². The molecule has 0 saturated carbocycles. The summed E-state index contributed by atoms with van der Waals surface area (Å²) in [5, 5.41) is 0. The summed E-state index contributed by atoms with van der Waals surface area (Å²) in [6.07, 6.45) is 4.36. The number of hydrogen-bond acceptors (Lipinski definition) is 4. The van der Waals surface area contributed by atoms with Crippen molar-refractivity contribution in [2.75, 3.05) is 0 Å². The Labute approximate surface area is 118 Å². The van der Waals surface area contributed by atoms with Gasteiger partial charge in [-0.2, -0.15) is 0 Å². The van der Waals surface area contributed by atoms with Crippen LogP contribution < -0.4 is 0 Å². The van der Waals surface area contributed by atoms with Crippen molar-refractivity contribution >= 4 is 55.5 Å². The lowest BCUT2D eigenvalue weighted by Gasteiger charge is -2.11. The van der Waals surface area contributed by atoms with Crippen molar-refractivity contribution < 1.29 is 19.2 Å². The molecule has 8 heteroatoms. The predicted octanol–water partition coefficient (Wildman–Crippen LogP) is 0.753. The van der Waals surface area contributed by atoms with Crippen molar-refractivity contribution in [2.45, 2.75) is 0 Å². The minimum Gasteiger partial charge on any atom is -0.269 e. The SMILES string of the molecule is O=C1C=C(Br)C(=O)N1C=CN1C(=O)C=C(Br)C1=O. The van der Waals surface area contributed by atoms with E-state index in [9.17, 15) is 19.2 Å². The molecule has 0 aromatic rings. The van der Waals surface area contributed by atoms with Crippen LogP contribution in [0.1, 0.15) is 0 Å². The van der Waals surface area contributed by atoms with Crippen LogP contribution in [0.5, 0.6) is 0 Å². The van der Waals surface area contributed by atoms with Crippen LogP contribution in [0, 0.1) is 0 Å². The van der Waals surface area contributed by atoms with Gasteiger partial charge in [-0.3, -0.25) is 19.2 Å². The Balaban J connectivity index is 2.15. The molecule has 0 aromatic carbocycles. The first kappa shape index (κ1) is 12.9. The van der Waals surface area contributed by atoms with E-state index in [1.54, 1.807) is 0 Å². The minimum absolute atomic E-state index is 0.121. The van der Waals surface area contributed by atoms with Gasteiger partial charge >= 0.3 is 0 Å². The maximum Gasteiger partial charge on any atom is 0.272 e. The first-order valence-electron chi connectivity index (χ1n) is 4.59. The van der Waals surface area contributed by atoms with Gasteiger partial charge in [0.05, 0.1) is 8.96 Å². The van der Waals surface area contributed by atoms with Crippen LogP contribution in [0.2, 0.25) is 0 Å². The summed E-state index contributed by atoms with van der Waals surface area (Å²) in [5.41, 5.74) is 0. The molecule has 18 heavy (non-hydrogen) atoms. The van der Waals surface area contributed by atoms with Gasteiger partial charge in [0.2, 0.25) is 0 Å². The van der Waals surface area contributed by atoms with Crippen molar-refractivity contribution in [1.29, 1.82) is 0 Å². The highest BCUT2D eigenvalue weighted by Crippen LogP contribution is 2.21. The molecule has 2 heterocycles. The number of halogens is 2. The van der Waals surface area contributed by atoms with Crippen molar-refractivity contribution in [3.05, 3.63) is 33.5 Å². The summed E-state index contributed by atoms with van der Waals surface area (Å²) in [5.74, 6) is -2.20. The Morgan fingerprint density at radius 2 is 1.11 bits per heavy atom. The van der Waals surface area contributed by atoms with Gasteiger partial charge in [-0.1, -0.05) is 0 Å². The van der Waals surface area contributed by atoms with E-state index < -0.39 is 23.6 Å². The standard InChI is InChI=1S/C10H4Br2N2O4/c11-5-3-7(15)13(9(5)17)1-2-14-8(16)4-6(12)10(14)18/h1-4H. The highest BCUT2D eigenvalue weighted by Gasteiger charge is 2.30. The second-order valence-corrected chi connectivity index (χ2v) is 5.02. The monoisotopic (exact) mass is 374 g/mol. The molecule has 6 nitrogen and oxygen atoms in total. The molecule has 0 unspecified atom stereocenters. The quantitative estimate of drug-likeness (QED) is 0.667. The molecule has 0 aromatic heterocycles. The zero-order chi connectivity index (χ0) is 13.4. The van der Waals surface area contributed by atoms with Gasteiger partial charge in [0.25, 0.3) is 23.6 Å². The van der Waals surface area contributed by atoms with Gasteiger partial charge in [-0.05, 0) is 31.9 Å². The molecule has 0 fully saturated rings. The summed E-state index contributed by atoms with van der Waals surface area (Å²) < 4.78 is 0.242. The van der Waals surface area contributed by atoms with E-state index in [4.69, 9.17) is 0 Å². The third-order valence-corrected chi connectivity index (χ3v) is 3.32. The van der Waals surface area contributed by atoms with E-state index in [2.05, 4.69) is 31.9 Å². The van der Waals surface area contributed by atoms with E-state index in [0.29, 0.717) is 0 Å². The van der Waals surface area contributed by atoms with Gasteiger partial charge < -0.3 is 0 Å². The fourth-order valence-corrected chi connectivity index (χ4v) is 2.10. The molecule has 4 amide bonds. The average molecular weight is 376 g/mol. The molecule has 0 aliphatic carbocycles. The maximum absolute atomic E-state index is 11.5. The Kier molecular flexibility index (Phi) is 3.31. The van der Waals surface area contributed by atoms with Crippen molar-refractivity contribution in [2.24, 2.45) is 0 Å². The lowest BCUT2D eigenvalue weighted by molar-refractivity contribution is -0.136. The molecule has 0 atom stereocenters. The van der Waals surface area contributed by atoms with Crippen molar-refractivity contribution in [3.8, 4) is 0 Å². The lowest BCUT2D eigenvalue weighted by atomic mass is 10.5. The van der Waals surface area contributed by atoms with Gasteiger partial charge in [0.15, 0.2) is 0 Å². The second-order valence-electron chi connectivity index (χ2n) is 3.31. The largest absolute Gasteiger partial charge is 0.272 e. The number of amides is 4. The Morgan fingerprint density at radius 1 is 0.778 bits per heavy atom. The second kappa shape index (κ2) is 4.62. The molecule has 0 bridgehead atoms. The fraction of sp³-hybridized carbons (Fsp3) is 0. The van der Waals surface area contributed by atoms with Crippen LogP contribution in [0.25, 0.3) is 0 Å². The number of carbonyl (C=O) groups is 4. The van der Waals surface area contributed by atoms with Crippen LogP contribution >= 0.6 is 31.9 Å². The molecule has 0 N–H and O–H groups in total. The Bertz CT molecular complexity index is 526. The molecular formula is C10H4Br2N2O4. The summed E-state index contributed by atoms with van der Waals surface area (Å²) in [4.78, 5) is 47.3. The van der Waals surface area contributed by atoms with Crippen molar-refractivity contribution in [3.63, 3.8) is 0 Å². The molecule has 2 rings (SSSR count). The van der Waals surface area contributed by atoms with Gasteiger partial charge in [-0.15, -0.1) is 0 Å². The number of carbonyl (C=O) groups excluding carboxylic acids is 4. The van der Waals surface area contributed by atoms with E-state index in [0.717, 1.165) is 34.4 Å². The molecule has 0 spiro atoms.